The highest BCUT2D eigenvalue weighted by Gasteiger charge is 2.21. The third-order valence-electron chi connectivity index (χ3n) is 4.45. The van der Waals surface area contributed by atoms with Crippen LogP contribution in [0, 0.1) is 11.8 Å². The molecule has 2 rings (SSSR count). The Morgan fingerprint density at radius 1 is 1.24 bits per heavy atom. The average Bonchev–Trinajstić information content (AvgIpc) is 2.88. The Bertz CT molecular complexity index is 414. The van der Waals surface area contributed by atoms with Gasteiger partial charge >= 0.3 is 0 Å². The van der Waals surface area contributed by atoms with Crippen molar-refractivity contribution >= 4 is 0 Å². The molecule has 0 amide bonds. The van der Waals surface area contributed by atoms with Crippen LogP contribution in [0.1, 0.15) is 51.2 Å². The molecule has 1 N–H and O–H groups in total. The van der Waals surface area contributed by atoms with Gasteiger partial charge in [-0.1, -0.05) is 51.5 Å². The number of likely N-dealkylation sites (tertiary alicyclic amines) is 1. The molecule has 0 aliphatic carbocycles. The van der Waals surface area contributed by atoms with E-state index in [1.165, 1.54) is 43.5 Å². The van der Waals surface area contributed by atoms with Gasteiger partial charge in [-0.05, 0) is 48.9 Å². The van der Waals surface area contributed by atoms with Crippen LogP contribution in [-0.2, 0) is 13.1 Å². The van der Waals surface area contributed by atoms with Gasteiger partial charge in [0.2, 0.25) is 0 Å². The standard InChI is InChI=1S/C19H32N2/c1-4-7-17-10-11-21(14-17)15-19-9-6-5-8-18(19)13-20-12-16(2)3/h5-6,8-9,16-17,20H,4,7,10-15H2,1-3H3. The van der Waals surface area contributed by atoms with Gasteiger partial charge in [-0.15, -0.1) is 0 Å². The van der Waals surface area contributed by atoms with Crippen molar-refractivity contribution in [1.29, 1.82) is 0 Å². The molecule has 2 heteroatoms. The van der Waals surface area contributed by atoms with Crippen molar-refractivity contribution in [3.63, 3.8) is 0 Å². The van der Waals surface area contributed by atoms with Gasteiger partial charge in [0.15, 0.2) is 0 Å². The summed E-state index contributed by atoms with van der Waals surface area (Å²) in [6.07, 6.45) is 4.11. The van der Waals surface area contributed by atoms with Crippen molar-refractivity contribution in [2.75, 3.05) is 19.6 Å². The molecule has 0 radical (unpaired) electrons. The summed E-state index contributed by atoms with van der Waals surface area (Å²) in [5.41, 5.74) is 2.97. The van der Waals surface area contributed by atoms with E-state index < -0.39 is 0 Å². The summed E-state index contributed by atoms with van der Waals surface area (Å²) in [6.45, 7) is 12.6. The number of nitrogens with one attached hydrogen (secondary N) is 1. The first-order valence-corrected chi connectivity index (χ1v) is 8.69. The summed E-state index contributed by atoms with van der Waals surface area (Å²) in [5.74, 6) is 1.65. The van der Waals surface area contributed by atoms with Crippen molar-refractivity contribution in [2.45, 2.75) is 53.1 Å². The molecule has 1 fully saturated rings. The molecule has 1 unspecified atom stereocenters. The zero-order chi connectivity index (χ0) is 15.1. The molecule has 1 aliphatic rings. The van der Waals surface area contributed by atoms with Gasteiger partial charge in [-0.3, -0.25) is 4.90 Å². The quantitative estimate of drug-likeness (QED) is 0.776. The van der Waals surface area contributed by atoms with E-state index in [-0.39, 0.29) is 0 Å². The fourth-order valence-electron chi connectivity index (χ4n) is 3.32. The number of benzene rings is 1. The normalized spacial score (nSPS) is 19.5. The van der Waals surface area contributed by atoms with Crippen molar-refractivity contribution in [2.24, 2.45) is 11.8 Å². The van der Waals surface area contributed by atoms with Gasteiger partial charge in [0.1, 0.15) is 0 Å². The maximum absolute atomic E-state index is 3.58. The summed E-state index contributed by atoms with van der Waals surface area (Å²) >= 11 is 0. The predicted molar refractivity (Wildman–Crippen MR) is 91.3 cm³/mol. The van der Waals surface area contributed by atoms with Crippen LogP contribution in [-0.4, -0.2) is 24.5 Å². The molecule has 0 saturated carbocycles. The molecular formula is C19H32N2. The molecular weight excluding hydrogens is 256 g/mol. The molecule has 1 aliphatic heterocycles. The number of hydrogen-bond donors (Lipinski definition) is 1. The Labute approximate surface area is 130 Å². The lowest BCUT2D eigenvalue weighted by atomic mass is 10.0. The van der Waals surface area contributed by atoms with Gasteiger partial charge in [0.05, 0.1) is 0 Å². The third kappa shape index (κ3) is 5.44. The lowest BCUT2D eigenvalue weighted by Gasteiger charge is -2.19. The van der Waals surface area contributed by atoms with Crippen LogP contribution in [0.2, 0.25) is 0 Å². The summed E-state index contributed by atoms with van der Waals surface area (Å²) in [5, 5.41) is 3.58. The number of nitrogens with zero attached hydrogens (tertiary/aromatic N) is 1. The van der Waals surface area contributed by atoms with E-state index in [2.05, 4.69) is 55.3 Å². The highest BCUT2D eigenvalue weighted by molar-refractivity contribution is 5.27. The number of hydrogen-bond acceptors (Lipinski definition) is 2. The summed E-state index contributed by atoms with van der Waals surface area (Å²) in [6, 6.07) is 8.93. The van der Waals surface area contributed by atoms with Crippen LogP contribution >= 0.6 is 0 Å². The Balaban J connectivity index is 1.88. The molecule has 1 aromatic rings. The monoisotopic (exact) mass is 288 g/mol. The van der Waals surface area contributed by atoms with E-state index in [0.717, 1.165) is 25.6 Å². The zero-order valence-corrected chi connectivity index (χ0v) is 14.1. The van der Waals surface area contributed by atoms with Gasteiger partial charge in [0, 0.05) is 19.6 Å². The first-order valence-electron chi connectivity index (χ1n) is 8.69. The van der Waals surface area contributed by atoms with Crippen molar-refractivity contribution in [3.05, 3.63) is 35.4 Å². The van der Waals surface area contributed by atoms with Crippen LogP contribution in [0.25, 0.3) is 0 Å². The molecule has 2 nitrogen and oxygen atoms in total. The van der Waals surface area contributed by atoms with Crippen LogP contribution in [0.5, 0.6) is 0 Å². The maximum atomic E-state index is 3.58. The van der Waals surface area contributed by atoms with E-state index in [0.29, 0.717) is 5.92 Å². The largest absolute Gasteiger partial charge is 0.312 e. The fraction of sp³-hybridized carbons (Fsp3) is 0.684. The smallest absolute Gasteiger partial charge is 0.0237 e. The van der Waals surface area contributed by atoms with Crippen molar-refractivity contribution in [3.8, 4) is 0 Å². The van der Waals surface area contributed by atoms with Gasteiger partial charge in [0.25, 0.3) is 0 Å². The molecule has 1 atom stereocenters. The van der Waals surface area contributed by atoms with Crippen molar-refractivity contribution in [1.82, 2.24) is 10.2 Å². The fourth-order valence-corrected chi connectivity index (χ4v) is 3.32. The molecule has 21 heavy (non-hydrogen) atoms. The minimum absolute atomic E-state index is 0.713. The van der Waals surface area contributed by atoms with Gasteiger partial charge < -0.3 is 5.32 Å². The van der Waals surface area contributed by atoms with E-state index in [4.69, 9.17) is 0 Å². The van der Waals surface area contributed by atoms with Gasteiger partial charge in [-0.25, -0.2) is 0 Å². The molecule has 0 aromatic heterocycles. The Kier molecular flexibility index (Phi) is 6.72. The Hall–Kier alpha value is -0.860. The lowest BCUT2D eigenvalue weighted by Crippen LogP contribution is -2.23. The van der Waals surface area contributed by atoms with Crippen LogP contribution in [0.4, 0.5) is 0 Å². The SMILES string of the molecule is CCCC1CCN(Cc2ccccc2CNCC(C)C)C1. The Morgan fingerprint density at radius 3 is 2.71 bits per heavy atom. The van der Waals surface area contributed by atoms with Crippen LogP contribution in [0.3, 0.4) is 0 Å². The number of rotatable bonds is 8. The second-order valence-electron chi connectivity index (χ2n) is 6.97. The average molecular weight is 288 g/mol. The topological polar surface area (TPSA) is 15.3 Å². The van der Waals surface area contributed by atoms with Crippen LogP contribution in [0.15, 0.2) is 24.3 Å². The second-order valence-corrected chi connectivity index (χ2v) is 6.97. The highest BCUT2D eigenvalue weighted by atomic mass is 15.1. The maximum Gasteiger partial charge on any atom is 0.0237 e. The molecule has 118 valence electrons. The molecule has 0 bridgehead atoms. The summed E-state index contributed by atoms with van der Waals surface area (Å²) in [7, 11) is 0. The first-order chi connectivity index (χ1) is 10.2. The second kappa shape index (κ2) is 8.55. The molecule has 1 heterocycles. The first kappa shape index (κ1) is 16.5. The third-order valence-corrected chi connectivity index (χ3v) is 4.45. The minimum Gasteiger partial charge on any atom is -0.312 e. The predicted octanol–water partition coefficient (Wildman–Crippen LogP) is 4.05. The van der Waals surface area contributed by atoms with E-state index in [9.17, 15) is 0 Å². The van der Waals surface area contributed by atoms with Crippen molar-refractivity contribution < 1.29 is 0 Å². The van der Waals surface area contributed by atoms with E-state index in [1.54, 1.807) is 0 Å². The Morgan fingerprint density at radius 2 is 2.00 bits per heavy atom. The molecule has 1 saturated heterocycles. The lowest BCUT2D eigenvalue weighted by molar-refractivity contribution is 0.311. The highest BCUT2D eigenvalue weighted by Crippen LogP contribution is 2.23. The minimum atomic E-state index is 0.713. The molecule has 1 aromatic carbocycles. The van der Waals surface area contributed by atoms with Gasteiger partial charge in [-0.2, -0.15) is 0 Å². The van der Waals surface area contributed by atoms with E-state index in [1.807, 2.05) is 0 Å². The summed E-state index contributed by atoms with van der Waals surface area (Å²) in [4.78, 5) is 2.64. The van der Waals surface area contributed by atoms with E-state index >= 15 is 0 Å². The molecule has 0 spiro atoms. The summed E-state index contributed by atoms with van der Waals surface area (Å²) < 4.78 is 0. The zero-order valence-electron chi connectivity index (χ0n) is 14.1. The van der Waals surface area contributed by atoms with Crippen LogP contribution < -0.4 is 5.32 Å².